The third-order valence-corrected chi connectivity index (χ3v) is 3.68. The Morgan fingerprint density at radius 2 is 2.20 bits per heavy atom. The third kappa shape index (κ3) is 2.35. The molecule has 1 aromatic heterocycles. The Bertz CT molecular complexity index is 564. The molecule has 1 fully saturated rings. The number of likely N-dealkylation sites (tertiary alicyclic amines) is 1. The number of rotatable bonds is 3. The van der Waals surface area contributed by atoms with E-state index in [1.54, 1.807) is 13.8 Å². The van der Waals surface area contributed by atoms with Crippen LogP contribution >= 0.6 is 0 Å². The average molecular weight is 281 g/mol. The zero-order valence-corrected chi connectivity index (χ0v) is 11.4. The smallest absolute Gasteiger partial charge is 0.314 e. The number of nitrogens with zero attached hydrogens (tertiary/aromatic N) is 3. The van der Waals surface area contributed by atoms with Gasteiger partial charge in [0, 0.05) is 19.3 Å². The van der Waals surface area contributed by atoms with Crippen LogP contribution in [0.5, 0.6) is 0 Å². The Labute approximate surface area is 115 Å². The monoisotopic (exact) mass is 281 g/mol. The van der Waals surface area contributed by atoms with Gasteiger partial charge in [0.2, 0.25) is 0 Å². The molecule has 108 valence electrons. The summed E-state index contributed by atoms with van der Waals surface area (Å²) in [6.07, 6.45) is 1.55. The van der Waals surface area contributed by atoms with Crippen LogP contribution in [0.15, 0.2) is 6.20 Å². The van der Waals surface area contributed by atoms with Crippen LogP contribution in [0.25, 0.3) is 0 Å². The lowest BCUT2D eigenvalue weighted by Crippen LogP contribution is -2.38. The number of halogens is 1. The first kappa shape index (κ1) is 14.4. The lowest BCUT2D eigenvalue weighted by atomic mass is 9.89. The number of alkyl halides is 1. The molecular weight excluding hydrogens is 265 g/mol. The molecule has 0 aliphatic carbocycles. The minimum Gasteiger partial charge on any atom is -0.481 e. The van der Waals surface area contributed by atoms with E-state index in [-0.39, 0.29) is 25.4 Å². The molecule has 1 N–H and O–H groups in total. The molecule has 2 heterocycles. The Balaban J connectivity index is 2.21. The summed E-state index contributed by atoms with van der Waals surface area (Å²) in [5.74, 6) is -0.990. The van der Waals surface area contributed by atoms with Crippen molar-refractivity contribution in [2.24, 2.45) is 5.41 Å². The van der Waals surface area contributed by atoms with E-state index in [2.05, 4.69) is 9.97 Å². The number of carbonyl (C=O) groups is 2. The molecule has 0 bridgehead atoms. The number of hydrogen-bond donors (Lipinski definition) is 1. The van der Waals surface area contributed by atoms with Gasteiger partial charge in [-0.2, -0.15) is 0 Å². The van der Waals surface area contributed by atoms with Gasteiger partial charge in [-0.25, -0.2) is 14.4 Å². The molecule has 1 atom stereocenters. The molecular formula is C13H16FN3O3. The fourth-order valence-electron chi connectivity index (χ4n) is 2.35. The van der Waals surface area contributed by atoms with Crippen LogP contribution in [-0.2, 0) is 4.79 Å². The first-order valence-corrected chi connectivity index (χ1v) is 6.28. The Kier molecular flexibility index (Phi) is 3.69. The van der Waals surface area contributed by atoms with Gasteiger partial charge >= 0.3 is 5.97 Å². The van der Waals surface area contributed by atoms with E-state index in [1.165, 1.54) is 11.1 Å². The summed E-state index contributed by atoms with van der Waals surface area (Å²) in [5.41, 5.74) is -0.610. The van der Waals surface area contributed by atoms with Crippen molar-refractivity contribution in [1.82, 2.24) is 14.9 Å². The Morgan fingerprint density at radius 1 is 1.50 bits per heavy atom. The van der Waals surface area contributed by atoms with Gasteiger partial charge in [0.05, 0.1) is 11.3 Å². The van der Waals surface area contributed by atoms with Crippen molar-refractivity contribution in [3.8, 4) is 0 Å². The maximum Gasteiger partial charge on any atom is 0.314 e. The molecule has 2 rings (SSSR count). The lowest BCUT2D eigenvalue weighted by molar-refractivity contribution is -0.149. The van der Waals surface area contributed by atoms with E-state index in [0.717, 1.165) is 0 Å². The number of carbonyl (C=O) groups excluding carboxylic acids is 1. The van der Waals surface area contributed by atoms with Gasteiger partial charge in [-0.15, -0.1) is 0 Å². The van der Waals surface area contributed by atoms with Crippen LogP contribution in [0.2, 0.25) is 0 Å². The SMILES string of the molecule is Cc1ncc(C(=O)N2CCC(CF)(C(=O)O)C2)c(C)n1. The van der Waals surface area contributed by atoms with Crippen molar-refractivity contribution in [3.63, 3.8) is 0 Å². The van der Waals surface area contributed by atoms with Crippen molar-refractivity contribution in [3.05, 3.63) is 23.3 Å². The molecule has 6 nitrogen and oxygen atoms in total. The van der Waals surface area contributed by atoms with E-state index in [0.29, 0.717) is 17.1 Å². The summed E-state index contributed by atoms with van der Waals surface area (Å²) >= 11 is 0. The summed E-state index contributed by atoms with van der Waals surface area (Å²) in [7, 11) is 0. The van der Waals surface area contributed by atoms with Crippen LogP contribution in [0, 0.1) is 19.3 Å². The van der Waals surface area contributed by atoms with E-state index >= 15 is 0 Å². The van der Waals surface area contributed by atoms with Crippen molar-refractivity contribution in [2.75, 3.05) is 19.8 Å². The molecule has 7 heteroatoms. The second-order valence-electron chi connectivity index (χ2n) is 5.11. The van der Waals surface area contributed by atoms with Crippen LogP contribution in [-0.4, -0.2) is 51.6 Å². The largest absolute Gasteiger partial charge is 0.481 e. The lowest BCUT2D eigenvalue weighted by Gasteiger charge is -2.21. The topological polar surface area (TPSA) is 83.4 Å². The fourth-order valence-corrected chi connectivity index (χ4v) is 2.35. The molecule has 1 unspecified atom stereocenters. The zero-order chi connectivity index (χ0) is 14.9. The number of carboxylic acids is 1. The van der Waals surface area contributed by atoms with E-state index in [9.17, 15) is 14.0 Å². The van der Waals surface area contributed by atoms with E-state index in [1.807, 2.05) is 0 Å². The quantitative estimate of drug-likeness (QED) is 0.893. The summed E-state index contributed by atoms with van der Waals surface area (Å²) in [6.45, 7) is 2.54. The summed E-state index contributed by atoms with van der Waals surface area (Å²) in [6, 6.07) is 0. The number of aliphatic carboxylic acids is 1. The standard InChI is InChI=1S/C13H16FN3O3/c1-8-10(5-15-9(2)16-8)11(18)17-4-3-13(6-14,7-17)12(19)20/h5H,3-4,6-7H2,1-2H3,(H,19,20). The van der Waals surface area contributed by atoms with Gasteiger partial charge in [-0.05, 0) is 20.3 Å². The highest BCUT2D eigenvalue weighted by Gasteiger charge is 2.46. The van der Waals surface area contributed by atoms with Crippen LogP contribution in [0.3, 0.4) is 0 Å². The molecule has 1 aromatic rings. The van der Waals surface area contributed by atoms with Gasteiger partial charge < -0.3 is 10.0 Å². The normalized spacial score (nSPS) is 22.1. The minimum absolute atomic E-state index is 0.120. The molecule has 1 aliphatic rings. The van der Waals surface area contributed by atoms with Crippen LogP contribution < -0.4 is 0 Å². The number of aryl methyl sites for hydroxylation is 2. The maximum atomic E-state index is 13.0. The summed E-state index contributed by atoms with van der Waals surface area (Å²) in [5, 5.41) is 9.12. The van der Waals surface area contributed by atoms with Crippen LogP contribution in [0.4, 0.5) is 4.39 Å². The molecule has 1 saturated heterocycles. The van der Waals surface area contributed by atoms with Gasteiger partial charge in [-0.3, -0.25) is 9.59 Å². The van der Waals surface area contributed by atoms with Gasteiger partial charge in [-0.1, -0.05) is 0 Å². The maximum absolute atomic E-state index is 13.0. The van der Waals surface area contributed by atoms with Crippen molar-refractivity contribution in [2.45, 2.75) is 20.3 Å². The molecule has 1 aliphatic heterocycles. The molecule has 0 radical (unpaired) electrons. The van der Waals surface area contributed by atoms with Crippen LogP contribution in [0.1, 0.15) is 28.3 Å². The van der Waals surface area contributed by atoms with Gasteiger partial charge in [0.25, 0.3) is 5.91 Å². The molecule has 0 saturated carbocycles. The van der Waals surface area contributed by atoms with Gasteiger partial charge in [0.15, 0.2) is 0 Å². The molecule has 0 spiro atoms. The second kappa shape index (κ2) is 5.15. The number of aromatic nitrogens is 2. The summed E-state index contributed by atoms with van der Waals surface area (Å²) < 4.78 is 13.0. The van der Waals surface area contributed by atoms with E-state index in [4.69, 9.17) is 5.11 Å². The molecule has 1 amide bonds. The predicted molar refractivity (Wildman–Crippen MR) is 68.1 cm³/mol. The second-order valence-corrected chi connectivity index (χ2v) is 5.11. The predicted octanol–water partition coefficient (Wildman–Crippen LogP) is 0.980. The first-order valence-electron chi connectivity index (χ1n) is 6.28. The van der Waals surface area contributed by atoms with Crippen molar-refractivity contribution < 1.29 is 19.1 Å². The average Bonchev–Trinajstić information content (AvgIpc) is 2.83. The van der Waals surface area contributed by atoms with Crippen molar-refractivity contribution in [1.29, 1.82) is 0 Å². The van der Waals surface area contributed by atoms with Gasteiger partial charge in [0.1, 0.15) is 17.9 Å². The highest BCUT2D eigenvalue weighted by atomic mass is 19.1. The number of carboxylic acid groups (broad SMARTS) is 1. The Morgan fingerprint density at radius 3 is 2.70 bits per heavy atom. The first-order chi connectivity index (χ1) is 9.39. The van der Waals surface area contributed by atoms with Crippen molar-refractivity contribution >= 4 is 11.9 Å². The van der Waals surface area contributed by atoms with E-state index < -0.39 is 18.1 Å². The Hall–Kier alpha value is -2.05. The fraction of sp³-hybridized carbons (Fsp3) is 0.538. The molecule has 0 aromatic carbocycles. The third-order valence-electron chi connectivity index (χ3n) is 3.68. The number of amides is 1. The number of hydrogen-bond acceptors (Lipinski definition) is 4. The summed E-state index contributed by atoms with van der Waals surface area (Å²) in [4.78, 5) is 32.9. The highest BCUT2D eigenvalue weighted by Crippen LogP contribution is 2.32. The molecule has 20 heavy (non-hydrogen) atoms. The minimum atomic E-state index is -1.48. The highest BCUT2D eigenvalue weighted by molar-refractivity contribution is 5.95. The zero-order valence-electron chi connectivity index (χ0n) is 11.4.